The molecule has 0 aliphatic heterocycles. The Morgan fingerprint density at radius 1 is 1.53 bits per heavy atom. The van der Waals surface area contributed by atoms with E-state index in [1.807, 2.05) is 18.5 Å². The SMILES string of the molecule is COC(=O)CCc1c(C)nn(CCC#N)c1C. The van der Waals surface area contributed by atoms with Crippen molar-refractivity contribution in [1.29, 1.82) is 5.26 Å². The van der Waals surface area contributed by atoms with E-state index in [-0.39, 0.29) is 5.97 Å². The molecule has 0 fully saturated rings. The van der Waals surface area contributed by atoms with Crippen LogP contribution in [-0.2, 0) is 22.5 Å². The summed E-state index contributed by atoms with van der Waals surface area (Å²) in [7, 11) is 1.39. The van der Waals surface area contributed by atoms with E-state index in [9.17, 15) is 4.79 Å². The van der Waals surface area contributed by atoms with Crippen LogP contribution in [0.5, 0.6) is 0 Å². The summed E-state index contributed by atoms with van der Waals surface area (Å²) in [5.41, 5.74) is 3.03. The second-order valence-corrected chi connectivity index (χ2v) is 3.86. The number of hydrogen-bond acceptors (Lipinski definition) is 4. The van der Waals surface area contributed by atoms with Crippen LogP contribution < -0.4 is 0 Å². The quantitative estimate of drug-likeness (QED) is 0.726. The van der Waals surface area contributed by atoms with Crippen LogP contribution in [-0.4, -0.2) is 22.9 Å². The minimum atomic E-state index is -0.214. The van der Waals surface area contributed by atoms with Gasteiger partial charge in [-0.2, -0.15) is 10.4 Å². The number of carbonyl (C=O) groups excluding carboxylic acids is 1. The summed E-state index contributed by atoms with van der Waals surface area (Å²) in [6, 6.07) is 2.10. The fraction of sp³-hybridized carbons (Fsp3) is 0.583. The van der Waals surface area contributed by atoms with Gasteiger partial charge in [0.2, 0.25) is 0 Å². The number of esters is 1. The molecule has 17 heavy (non-hydrogen) atoms. The van der Waals surface area contributed by atoms with Gasteiger partial charge in [-0.3, -0.25) is 9.48 Å². The maximum absolute atomic E-state index is 11.1. The Morgan fingerprint density at radius 3 is 2.82 bits per heavy atom. The first-order chi connectivity index (χ1) is 8.10. The van der Waals surface area contributed by atoms with E-state index in [1.165, 1.54) is 7.11 Å². The minimum absolute atomic E-state index is 0.214. The van der Waals surface area contributed by atoms with Crippen molar-refractivity contribution in [3.8, 4) is 6.07 Å². The zero-order chi connectivity index (χ0) is 12.8. The van der Waals surface area contributed by atoms with Crippen LogP contribution in [0.2, 0.25) is 0 Å². The largest absolute Gasteiger partial charge is 0.469 e. The monoisotopic (exact) mass is 235 g/mol. The van der Waals surface area contributed by atoms with Crippen LogP contribution in [0.3, 0.4) is 0 Å². The minimum Gasteiger partial charge on any atom is -0.469 e. The maximum atomic E-state index is 11.1. The second kappa shape index (κ2) is 6.04. The van der Waals surface area contributed by atoms with Gasteiger partial charge in [0, 0.05) is 12.1 Å². The first-order valence-electron chi connectivity index (χ1n) is 5.56. The number of aromatic nitrogens is 2. The lowest BCUT2D eigenvalue weighted by Crippen LogP contribution is -2.04. The summed E-state index contributed by atoms with van der Waals surface area (Å²) in [5, 5.41) is 12.9. The number of nitrogens with zero attached hydrogens (tertiary/aromatic N) is 3. The van der Waals surface area contributed by atoms with Crippen LogP contribution >= 0.6 is 0 Å². The number of aryl methyl sites for hydroxylation is 2. The van der Waals surface area contributed by atoms with Gasteiger partial charge in [0.15, 0.2) is 0 Å². The van der Waals surface area contributed by atoms with Crippen LogP contribution in [0.25, 0.3) is 0 Å². The van der Waals surface area contributed by atoms with Crippen LogP contribution in [0.15, 0.2) is 0 Å². The van der Waals surface area contributed by atoms with Crippen LogP contribution in [0.4, 0.5) is 0 Å². The van der Waals surface area contributed by atoms with Gasteiger partial charge >= 0.3 is 5.97 Å². The number of carbonyl (C=O) groups is 1. The lowest BCUT2D eigenvalue weighted by molar-refractivity contribution is -0.140. The molecule has 1 aromatic rings. The third-order valence-corrected chi connectivity index (χ3v) is 2.77. The Morgan fingerprint density at radius 2 is 2.24 bits per heavy atom. The summed E-state index contributed by atoms with van der Waals surface area (Å²) < 4.78 is 6.44. The van der Waals surface area contributed by atoms with Crippen molar-refractivity contribution in [3.63, 3.8) is 0 Å². The van der Waals surface area contributed by atoms with Gasteiger partial charge in [0.05, 0.1) is 31.8 Å². The van der Waals surface area contributed by atoms with Crippen molar-refractivity contribution in [2.45, 2.75) is 39.7 Å². The normalized spacial score (nSPS) is 10.0. The van der Waals surface area contributed by atoms with Gasteiger partial charge in [0.1, 0.15) is 0 Å². The van der Waals surface area contributed by atoms with Crippen molar-refractivity contribution < 1.29 is 9.53 Å². The number of methoxy groups -OCH3 is 1. The molecule has 1 aromatic heterocycles. The zero-order valence-electron chi connectivity index (χ0n) is 10.5. The Balaban J connectivity index is 2.75. The highest BCUT2D eigenvalue weighted by atomic mass is 16.5. The Labute approximate surface area is 101 Å². The van der Waals surface area contributed by atoms with Crippen LogP contribution in [0.1, 0.15) is 29.8 Å². The van der Waals surface area contributed by atoms with E-state index in [1.54, 1.807) is 0 Å². The summed E-state index contributed by atoms with van der Waals surface area (Å²) in [5.74, 6) is -0.214. The zero-order valence-corrected chi connectivity index (χ0v) is 10.5. The van der Waals surface area contributed by atoms with E-state index in [0.717, 1.165) is 17.0 Å². The smallest absolute Gasteiger partial charge is 0.305 e. The molecule has 0 aromatic carbocycles. The molecule has 0 saturated carbocycles. The molecule has 0 amide bonds. The predicted molar refractivity (Wildman–Crippen MR) is 62.3 cm³/mol. The molecule has 0 bridgehead atoms. The van der Waals surface area contributed by atoms with Crippen molar-refractivity contribution in [1.82, 2.24) is 9.78 Å². The topological polar surface area (TPSA) is 67.9 Å². The highest BCUT2D eigenvalue weighted by Gasteiger charge is 2.12. The highest BCUT2D eigenvalue weighted by Crippen LogP contribution is 2.15. The van der Waals surface area contributed by atoms with E-state index >= 15 is 0 Å². The van der Waals surface area contributed by atoms with Crippen LogP contribution in [0, 0.1) is 25.2 Å². The van der Waals surface area contributed by atoms with E-state index in [4.69, 9.17) is 5.26 Å². The van der Waals surface area contributed by atoms with Crippen molar-refractivity contribution in [3.05, 3.63) is 17.0 Å². The van der Waals surface area contributed by atoms with E-state index in [0.29, 0.717) is 25.8 Å². The Kier molecular flexibility index (Phi) is 4.70. The molecule has 0 radical (unpaired) electrons. The Bertz CT molecular complexity index is 443. The molecular formula is C12H17N3O2. The van der Waals surface area contributed by atoms with Crippen molar-refractivity contribution >= 4 is 5.97 Å². The third kappa shape index (κ3) is 3.31. The van der Waals surface area contributed by atoms with Gasteiger partial charge in [-0.1, -0.05) is 0 Å². The van der Waals surface area contributed by atoms with Crippen molar-refractivity contribution in [2.75, 3.05) is 7.11 Å². The molecule has 0 aliphatic carbocycles. The van der Waals surface area contributed by atoms with E-state index < -0.39 is 0 Å². The molecule has 0 atom stereocenters. The first kappa shape index (κ1) is 13.2. The van der Waals surface area contributed by atoms with Crippen molar-refractivity contribution in [2.24, 2.45) is 0 Å². The van der Waals surface area contributed by atoms with Gasteiger partial charge in [-0.15, -0.1) is 0 Å². The number of nitriles is 1. The molecular weight excluding hydrogens is 218 g/mol. The van der Waals surface area contributed by atoms with E-state index in [2.05, 4.69) is 15.9 Å². The molecule has 5 heteroatoms. The molecule has 0 N–H and O–H groups in total. The summed E-state index contributed by atoms with van der Waals surface area (Å²) >= 11 is 0. The molecule has 0 aliphatic rings. The lowest BCUT2D eigenvalue weighted by Gasteiger charge is -2.03. The predicted octanol–water partition coefficient (Wildman–Crippen LogP) is 1.52. The summed E-state index contributed by atoms with van der Waals surface area (Å²) in [6.07, 6.45) is 1.44. The van der Waals surface area contributed by atoms with Gasteiger partial charge in [-0.25, -0.2) is 0 Å². The number of hydrogen-bond donors (Lipinski definition) is 0. The second-order valence-electron chi connectivity index (χ2n) is 3.86. The average molecular weight is 235 g/mol. The molecule has 0 spiro atoms. The van der Waals surface area contributed by atoms with Gasteiger partial charge in [-0.05, 0) is 25.8 Å². The molecule has 92 valence electrons. The summed E-state index contributed by atoms with van der Waals surface area (Å²) in [4.78, 5) is 11.1. The molecule has 0 saturated heterocycles. The van der Waals surface area contributed by atoms with Gasteiger partial charge in [0.25, 0.3) is 0 Å². The fourth-order valence-electron chi connectivity index (χ4n) is 1.80. The molecule has 1 heterocycles. The third-order valence-electron chi connectivity index (χ3n) is 2.77. The Hall–Kier alpha value is -1.83. The molecule has 0 unspecified atom stereocenters. The number of ether oxygens (including phenoxy) is 1. The standard InChI is InChI=1S/C12H17N3O2/c1-9-11(5-6-12(16)17-3)10(2)15(14-9)8-4-7-13/h4-6,8H2,1-3H3. The first-order valence-corrected chi connectivity index (χ1v) is 5.56. The summed E-state index contributed by atoms with van der Waals surface area (Å²) in [6.45, 7) is 4.48. The fourth-order valence-corrected chi connectivity index (χ4v) is 1.80. The van der Waals surface area contributed by atoms with Gasteiger partial charge < -0.3 is 4.74 Å². The average Bonchev–Trinajstić information content (AvgIpc) is 2.59. The molecule has 1 rings (SSSR count). The number of rotatable bonds is 5. The molecule has 5 nitrogen and oxygen atoms in total. The highest BCUT2D eigenvalue weighted by molar-refractivity contribution is 5.69. The maximum Gasteiger partial charge on any atom is 0.305 e. The lowest BCUT2D eigenvalue weighted by atomic mass is 10.1.